The van der Waals surface area contributed by atoms with Crippen molar-refractivity contribution in [3.63, 3.8) is 0 Å². The standard InChI is InChI=1S/C14H20N2O4/c1-4-14(2,3)8-15-13(20)16-9-5-6-10(12(18)19)11(17)7-9/h5-7,17H,4,8H2,1-3H3,(H,18,19)(H2,15,16,20). The summed E-state index contributed by atoms with van der Waals surface area (Å²) in [5.74, 6) is -1.60. The second-order valence-electron chi connectivity index (χ2n) is 5.36. The zero-order valence-corrected chi connectivity index (χ0v) is 11.9. The number of amides is 2. The summed E-state index contributed by atoms with van der Waals surface area (Å²) in [5, 5.41) is 23.6. The molecule has 6 heteroatoms. The number of nitrogens with one attached hydrogen (secondary N) is 2. The fraction of sp³-hybridized carbons (Fsp3) is 0.429. The van der Waals surface area contributed by atoms with Gasteiger partial charge in [0.25, 0.3) is 0 Å². The summed E-state index contributed by atoms with van der Waals surface area (Å²) in [7, 11) is 0. The number of aromatic hydroxyl groups is 1. The molecule has 6 nitrogen and oxygen atoms in total. The third-order valence-corrected chi connectivity index (χ3v) is 3.17. The molecule has 0 aliphatic carbocycles. The Morgan fingerprint density at radius 1 is 1.30 bits per heavy atom. The number of phenols is 1. The first-order valence-electron chi connectivity index (χ1n) is 6.36. The molecule has 4 N–H and O–H groups in total. The Morgan fingerprint density at radius 3 is 2.45 bits per heavy atom. The fourth-order valence-electron chi connectivity index (χ4n) is 1.41. The maximum atomic E-state index is 11.7. The highest BCUT2D eigenvalue weighted by Crippen LogP contribution is 2.22. The number of rotatable bonds is 5. The molecule has 0 atom stereocenters. The number of carbonyl (C=O) groups is 2. The molecule has 1 aromatic rings. The van der Waals surface area contributed by atoms with Crippen LogP contribution in [0.25, 0.3) is 0 Å². The minimum Gasteiger partial charge on any atom is -0.507 e. The van der Waals surface area contributed by atoms with Gasteiger partial charge in [-0.1, -0.05) is 20.8 Å². The number of benzene rings is 1. The number of aromatic carboxylic acids is 1. The number of carbonyl (C=O) groups excluding carboxylic acids is 1. The Morgan fingerprint density at radius 2 is 1.95 bits per heavy atom. The van der Waals surface area contributed by atoms with E-state index in [0.29, 0.717) is 12.2 Å². The molecule has 1 rings (SSSR count). The van der Waals surface area contributed by atoms with Crippen molar-refractivity contribution in [2.24, 2.45) is 5.41 Å². The van der Waals surface area contributed by atoms with Gasteiger partial charge in [-0.15, -0.1) is 0 Å². The highest BCUT2D eigenvalue weighted by molar-refractivity contribution is 5.93. The smallest absolute Gasteiger partial charge is 0.339 e. The average molecular weight is 280 g/mol. The van der Waals surface area contributed by atoms with E-state index < -0.39 is 12.0 Å². The van der Waals surface area contributed by atoms with E-state index in [4.69, 9.17) is 5.11 Å². The molecule has 110 valence electrons. The molecule has 0 spiro atoms. The molecule has 0 aliphatic heterocycles. The molecule has 0 heterocycles. The van der Waals surface area contributed by atoms with Crippen LogP contribution in [-0.4, -0.2) is 28.8 Å². The van der Waals surface area contributed by atoms with Gasteiger partial charge in [0.15, 0.2) is 0 Å². The summed E-state index contributed by atoms with van der Waals surface area (Å²) in [6, 6.07) is 3.47. The van der Waals surface area contributed by atoms with Crippen LogP contribution in [0.2, 0.25) is 0 Å². The molecule has 1 aromatic carbocycles. The summed E-state index contributed by atoms with van der Waals surface area (Å²) in [4.78, 5) is 22.4. The Labute approximate surface area is 117 Å². The van der Waals surface area contributed by atoms with Crippen LogP contribution in [0.5, 0.6) is 5.75 Å². The number of urea groups is 1. The van der Waals surface area contributed by atoms with E-state index in [-0.39, 0.29) is 16.7 Å². The van der Waals surface area contributed by atoms with Crippen LogP contribution in [0, 0.1) is 5.41 Å². The van der Waals surface area contributed by atoms with E-state index in [2.05, 4.69) is 10.6 Å². The van der Waals surface area contributed by atoms with E-state index in [1.165, 1.54) is 18.2 Å². The lowest BCUT2D eigenvalue weighted by Crippen LogP contribution is -2.36. The van der Waals surface area contributed by atoms with Crippen LogP contribution < -0.4 is 10.6 Å². The van der Waals surface area contributed by atoms with Crippen molar-refractivity contribution in [2.45, 2.75) is 27.2 Å². The molecule has 0 aromatic heterocycles. The van der Waals surface area contributed by atoms with Crippen LogP contribution in [-0.2, 0) is 0 Å². The fourth-order valence-corrected chi connectivity index (χ4v) is 1.41. The number of anilines is 1. The number of carboxylic acids is 1. The van der Waals surface area contributed by atoms with Gasteiger partial charge >= 0.3 is 12.0 Å². The highest BCUT2D eigenvalue weighted by atomic mass is 16.4. The van der Waals surface area contributed by atoms with Gasteiger partial charge in [-0.25, -0.2) is 9.59 Å². The lowest BCUT2D eigenvalue weighted by molar-refractivity contribution is 0.0694. The van der Waals surface area contributed by atoms with Gasteiger partial charge < -0.3 is 20.8 Å². The molecule has 20 heavy (non-hydrogen) atoms. The van der Waals surface area contributed by atoms with Crippen molar-refractivity contribution >= 4 is 17.7 Å². The maximum absolute atomic E-state index is 11.7. The predicted octanol–water partition coefficient (Wildman–Crippen LogP) is 2.65. The van der Waals surface area contributed by atoms with Crippen molar-refractivity contribution in [2.75, 3.05) is 11.9 Å². The van der Waals surface area contributed by atoms with Crippen LogP contribution in [0.15, 0.2) is 18.2 Å². The zero-order chi connectivity index (χ0) is 15.3. The van der Waals surface area contributed by atoms with E-state index in [1.807, 2.05) is 20.8 Å². The van der Waals surface area contributed by atoms with E-state index >= 15 is 0 Å². The van der Waals surface area contributed by atoms with Gasteiger partial charge in [0.2, 0.25) is 0 Å². The number of carboxylic acid groups (broad SMARTS) is 1. The molecular formula is C14H20N2O4. The minimum absolute atomic E-state index is 0.00659. The molecule has 0 bridgehead atoms. The van der Waals surface area contributed by atoms with Gasteiger partial charge in [0.05, 0.1) is 0 Å². The van der Waals surface area contributed by atoms with Gasteiger partial charge in [-0.3, -0.25) is 0 Å². The third kappa shape index (κ3) is 4.46. The Hall–Kier alpha value is -2.24. The molecule has 0 saturated heterocycles. The van der Waals surface area contributed by atoms with Gasteiger partial charge in [0, 0.05) is 18.3 Å². The summed E-state index contributed by atoms with van der Waals surface area (Å²) < 4.78 is 0. The quantitative estimate of drug-likeness (QED) is 0.666. The molecule has 2 amide bonds. The van der Waals surface area contributed by atoms with Crippen molar-refractivity contribution in [1.29, 1.82) is 0 Å². The largest absolute Gasteiger partial charge is 0.507 e. The van der Waals surface area contributed by atoms with Gasteiger partial charge in [-0.05, 0) is 24.0 Å². The summed E-state index contributed by atoms with van der Waals surface area (Å²) in [6.07, 6.45) is 0.932. The minimum atomic E-state index is -1.22. The molecule has 0 radical (unpaired) electrons. The van der Waals surface area contributed by atoms with Crippen LogP contribution in [0.4, 0.5) is 10.5 Å². The third-order valence-electron chi connectivity index (χ3n) is 3.17. The monoisotopic (exact) mass is 280 g/mol. The van der Waals surface area contributed by atoms with Gasteiger partial charge in [-0.2, -0.15) is 0 Å². The molecule has 0 saturated carbocycles. The molecule has 0 aliphatic rings. The topological polar surface area (TPSA) is 98.7 Å². The molecule has 0 unspecified atom stereocenters. The number of hydrogen-bond acceptors (Lipinski definition) is 3. The first-order valence-corrected chi connectivity index (χ1v) is 6.36. The van der Waals surface area contributed by atoms with E-state index in [0.717, 1.165) is 6.42 Å². The lowest BCUT2D eigenvalue weighted by Gasteiger charge is -2.22. The van der Waals surface area contributed by atoms with Crippen LogP contribution in [0.1, 0.15) is 37.6 Å². The maximum Gasteiger partial charge on any atom is 0.339 e. The first-order chi connectivity index (χ1) is 9.25. The Bertz CT molecular complexity index is 512. The van der Waals surface area contributed by atoms with Crippen molar-refractivity contribution < 1.29 is 19.8 Å². The second-order valence-corrected chi connectivity index (χ2v) is 5.36. The molecular weight excluding hydrogens is 260 g/mol. The van der Waals surface area contributed by atoms with Crippen LogP contribution >= 0.6 is 0 Å². The Balaban J connectivity index is 2.63. The summed E-state index contributed by atoms with van der Waals surface area (Å²) >= 11 is 0. The summed E-state index contributed by atoms with van der Waals surface area (Å²) in [5.41, 5.74) is 0.134. The van der Waals surface area contributed by atoms with Crippen molar-refractivity contribution in [3.05, 3.63) is 23.8 Å². The number of hydrogen-bond donors (Lipinski definition) is 4. The summed E-state index contributed by atoms with van der Waals surface area (Å²) in [6.45, 7) is 6.65. The lowest BCUT2D eigenvalue weighted by atomic mass is 9.90. The second kappa shape index (κ2) is 6.27. The normalized spacial score (nSPS) is 10.9. The van der Waals surface area contributed by atoms with E-state index in [9.17, 15) is 14.7 Å². The first kappa shape index (κ1) is 15.8. The van der Waals surface area contributed by atoms with Crippen molar-refractivity contribution in [3.8, 4) is 5.75 Å². The van der Waals surface area contributed by atoms with Crippen LogP contribution in [0.3, 0.4) is 0 Å². The average Bonchev–Trinajstić information content (AvgIpc) is 2.36. The predicted molar refractivity (Wildman–Crippen MR) is 76.2 cm³/mol. The SMILES string of the molecule is CCC(C)(C)CNC(=O)Nc1ccc(C(=O)O)c(O)c1. The van der Waals surface area contributed by atoms with Gasteiger partial charge in [0.1, 0.15) is 11.3 Å². The molecule has 0 fully saturated rings. The highest BCUT2D eigenvalue weighted by Gasteiger charge is 2.16. The van der Waals surface area contributed by atoms with E-state index in [1.54, 1.807) is 0 Å². The van der Waals surface area contributed by atoms with Crippen molar-refractivity contribution in [1.82, 2.24) is 5.32 Å². The Kier molecular flexibility index (Phi) is 4.96. The zero-order valence-electron chi connectivity index (χ0n) is 11.9.